The number of hydrogen-bond donors (Lipinski definition) is 0. The van der Waals surface area contributed by atoms with Gasteiger partial charge >= 0.3 is 12.4 Å². The van der Waals surface area contributed by atoms with Gasteiger partial charge in [0.25, 0.3) is 11.8 Å². The van der Waals surface area contributed by atoms with Gasteiger partial charge in [0.15, 0.2) is 0 Å². The van der Waals surface area contributed by atoms with Gasteiger partial charge in [-0.15, -0.1) is 11.3 Å². The van der Waals surface area contributed by atoms with Crippen molar-refractivity contribution in [3.8, 4) is 5.75 Å². The fourth-order valence-electron chi connectivity index (χ4n) is 6.33. The van der Waals surface area contributed by atoms with Gasteiger partial charge in [0, 0.05) is 63.5 Å². The molecular formula is C32H34F6N4O3S. The molecule has 2 atom stereocenters. The molecule has 4 heterocycles. The minimum atomic E-state index is -4.86. The molecule has 3 aromatic rings. The van der Waals surface area contributed by atoms with Crippen LogP contribution in [0.25, 0.3) is 0 Å². The highest BCUT2D eigenvalue weighted by molar-refractivity contribution is 7.10. The Hall–Kier alpha value is -3.81. The molecule has 2 aromatic heterocycles. The average molecular weight is 669 g/mol. The lowest BCUT2D eigenvalue weighted by atomic mass is 9.79. The second-order valence-electron chi connectivity index (χ2n) is 11.8. The van der Waals surface area contributed by atoms with Crippen LogP contribution in [0.3, 0.4) is 0 Å². The highest BCUT2D eigenvalue weighted by atomic mass is 32.1. The molecule has 0 bridgehead atoms. The van der Waals surface area contributed by atoms with Gasteiger partial charge in [0.2, 0.25) is 5.60 Å². The highest BCUT2D eigenvalue weighted by Crippen LogP contribution is 2.43. The van der Waals surface area contributed by atoms with E-state index in [1.807, 2.05) is 37.2 Å². The van der Waals surface area contributed by atoms with Crippen molar-refractivity contribution in [3.05, 3.63) is 75.2 Å². The number of halogens is 6. The van der Waals surface area contributed by atoms with Crippen molar-refractivity contribution < 1.29 is 40.7 Å². The Morgan fingerprint density at radius 1 is 1.07 bits per heavy atom. The normalized spacial score (nSPS) is 20.3. The third kappa shape index (κ3) is 6.53. The number of fused-ring (bicyclic) bond motifs is 1. The second-order valence-corrected chi connectivity index (χ2v) is 12.7. The number of piperidine rings is 1. The SMILES string of the molecule is CCC[C@H]1N(C(=O)c2ncccc2C(F)(F)F)CCC[C@@]1(Oc1csc(C(F)(F)F)c1)C(=O)N1CCc2cc(N(C)C)ccc2C1. The summed E-state index contributed by atoms with van der Waals surface area (Å²) < 4.78 is 88.8. The summed E-state index contributed by atoms with van der Waals surface area (Å²) in [4.78, 5) is 36.2. The van der Waals surface area contributed by atoms with Crippen LogP contribution in [0.4, 0.5) is 32.0 Å². The maximum absolute atomic E-state index is 14.7. The van der Waals surface area contributed by atoms with Gasteiger partial charge in [0.05, 0.1) is 11.6 Å². The first-order valence-electron chi connectivity index (χ1n) is 14.9. The summed E-state index contributed by atoms with van der Waals surface area (Å²) in [5.41, 5.74) is -0.933. The fraction of sp³-hybridized carbons (Fsp3) is 0.469. The van der Waals surface area contributed by atoms with Crippen LogP contribution in [0.5, 0.6) is 5.75 Å². The third-order valence-electron chi connectivity index (χ3n) is 8.52. The number of likely N-dealkylation sites (tertiary alicyclic amines) is 1. The average Bonchev–Trinajstić information content (AvgIpc) is 3.49. The lowest BCUT2D eigenvalue weighted by Gasteiger charge is -2.50. The Labute approximate surface area is 266 Å². The van der Waals surface area contributed by atoms with Crippen LogP contribution in [0.2, 0.25) is 0 Å². The molecule has 0 radical (unpaired) electrons. The number of carbonyl (C=O) groups is 2. The predicted octanol–water partition coefficient (Wildman–Crippen LogP) is 7.05. The van der Waals surface area contributed by atoms with Crippen LogP contribution in [-0.4, -0.2) is 65.4 Å². The molecule has 248 valence electrons. The molecule has 0 N–H and O–H groups in total. The molecule has 0 unspecified atom stereocenters. The van der Waals surface area contributed by atoms with Gasteiger partial charge in [-0.2, -0.15) is 26.3 Å². The molecule has 46 heavy (non-hydrogen) atoms. The monoisotopic (exact) mass is 668 g/mol. The summed E-state index contributed by atoms with van der Waals surface area (Å²) in [7, 11) is 3.84. The van der Waals surface area contributed by atoms with Crippen LogP contribution >= 0.6 is 11.3 Å². The number of alkyl halides is 6. The van der Waals surface area contributed by atoms with Gasteiger partial charge in [0.1, 0.15) is 16.3 Å². The zero-order valence-corrected chi connectivity index (χ0v) is 26.4. The number of amides is 2. The minimum absolute atomic E-state index is 0.0172. The number of aromatic nitrogens is 1. The molecule has 1 saturated heterocycles. The van der Waals surface area contributed by atoms with E-state index in [0.717, 1.165) is 46.6 Å². The second kappa shape index (κ2) is 12.8. The molecule has 2 aliphatic heterocycles. The summed E-state index contributed by atoms with van der Waals surface area (Å²) in [6, 6.07) is 7.48. The quantitative estimate of drug-likeness (QED) is 0.253. The van der Waals surface area contributed by atoms with E-state index < -0.39 is 51.9 Å². The van der Waals surface area contributed by atoms with E-state index in [9.17, 15) is 35.9 Å². The van der Waals surface area contributed by atoms with Crippen molar-refractivity contribution >= 4 is 28.8 Å². The van der Waals surface area contributed by atoms with Crippen LogP contribution in [-0.2, 0) is 30.1 Å². The molecular weight excluding hydrogens is 634 g/mol. The molecule has 5 rings (SSSR count). The van der Waals surface area contributed by atoms with Gasteiger partial charge in [-0.3, -0.25) is 14.6 Å². The molecule has 14 heteroatoms. The van der Waals surface area contributed by atoms with Crippen molar-refractivity contribution in [1.82, 2.24) is 14.8 Å². The smallest absolute Gasteiger partial charge is 0.425 e. The molecule has 0 spiro atoms. The predicted molar refractivity (Wildman–Crippen MR) is 161 cm³/mol. The zero-order valence-electron chi connectivity index (χ0n) is 25.5. The van der Waals surface area contributed by atoms with E-state index >= 15 is 0 Å². The summed E-state index contributed by atoms with van der Waals surface area (Å²) >= 11 is 0.414. The molecule has 1 aromatic carbocycles. The van der Waals surface area contributed by atoms with E-state index in [0.29, 0.717) is 24.2 Å². The summed E-state index contributed by atoms with van der Waals surface area (Å²) in [6.45, 7) is 2.30. The molecule has 0 saturated carbocycles. The van der Waals surface area contributed by atoms with Gasteiger partial charge in [-0.25, -0.2) is 0 Å². The van der Waals surface area contributed by atoms with Crippen LogP contribution in [0.1, 0.15) is 64.7 Å². The standard InChI is InChI=1S/C32H34F6N4O3S/c1-4-7-25-30(45-23-17-26(46-19-23)32(36,37)38,29(44)41-15-11-20-16-22(40(2)3)10-9-21(20)18-41)12-6-14-42(25)28(43)27-24(31(33,34)35)8-5-13-39-27/h5,8-10,13,16-17,19,25H,4,6-7,11-12,14-15,18H2,1-3H3/t25-,30+/m1/s1. The number of nitrogens with zero attached hydrogens (tertiary/aromatic N) is 4. The van der Waals surface area contributed by atoms with Crippen LogP contribution < -0.4 is 9.64 Å². The number of rotatable bonds is 7. The maximum Gasteiger partial charge on any atom is 0.425 e. The van der Waals surface area contributed by atoms with Crippen molar-refractivity contribution in [2.24, 2.45) is 0 Å². The van der Waals surface area contributed by atoms with E-state index in [1.54, 1.807) is 11.8 Å². The Balaban J connectivity index is 1.57. The Bertz CT molecular complexity index is 1590. The Morgan fingerprint density at radius 3 is 2.48 bits per heavy atom. The number of pyridine rings is 1. The molecule has 7 nitrogen and oxygen atoms in total. The summed E-state index contributed by atoms with van der Waals surface area (Å²) in [5, 5.41) is 1.16. The molecule has 2 aliphatic rings. The third-order valence-corrected chi connectivity index (χ3v) is 9.48. The number of benzene rings is 1. The van der Waals surface area contributed by atoms with Crippen molar-refractivity contribution in [1.29, 1.82) is 0 Å². The fourth-order valence-corrected chi connectivity index (χ4v) is 7.01. The van der Waals surface area contributed by atoms with E-state index in [1.165, 1.54) is 4.90 Å². The minimum Gasteiger partial charge on any atom is -0.474 e. The summed E-state index contributed by atoms with van der Waals surface area (Å²) in [5.74, 6) is -1.74. The molecule has 1 fully saturated rings. The number of carbonyl (C=O) groups excluding carboxylic acids is 2. The van der Waals surface area contributed by atoms with Crippen molar-refractivity contribution in [2.45, 2.75) is 69.6 Å². The van der Waals surface area contributed by atoms with E-state index in [4.69, 9.17) is 4.74 Å². The zero-order chi connectivity index (χ0) is 33.4. The van der Waals surface area contributed by atoms with Gasteiger partial charge in [-0.1, -0.05) is 19.4 Å². The van der Waals surface area contributed by atoms with Crippen LogP contribution in [0, 0.1) is 0 Å². The van der Waals surface area contributed by atoms with E-state index in [-0.39, 0.29) is 44.6 Å². The lowest BCUT2D eigenvalue weighted by molar-refractivity contribution is -0.160. The first-order valence-corrected chi connectivity index (χ1v) is 15.8. The van der Waals surface area contributed by atoms with E-state index in [2.05, 4.69) is 4.98 Å². The largest absolute Gasteiger partial charge is 0.474 e. The van der Waals surface area contributed by atoms with Gasteiger partial charge < -0.3 is 19.4 Å². The molecule has 2 amide bonds. The van der Waals surface area contributed by atoms with Gasteiger partial charge in [-0.05, 0) is 54.7 Å². The topological polar surface area (TPSA) is 66.0 Å². The summed E-state index contributed by atoms with van der Waals surface area (Å²) in [6.07, 6.45) is -7.12. The first-order chi connectivity index (χ1) is 21.7. The van der Waals surface area contributed by atoms with Crippen molar-refractivity contribution in [3.63, 3.8) is 0 Å². The first kappa shape index (κ1) is 33.6. The Kier molecular flexibility index (Phi) is 9.31. The lowest BCUT2D eigenvalue weighted by Crippen LogP contribution is -2.68. The maximum atomic E-state index is 14.7. The Morgan fingerprint density at radius 2 is 1.83 bits per heavy atom. The number of anilines is 1. The number of hydrogen-bond acceptors (Lipinski definition) is 6. The van der Waals surface area contributed by atoms with Crippen LogP contribution in [0.15, 0.2) is 48.0 Å². The number of ether oxygens (including phenoxy) is 1. The van der Waals surface area contributed by atoms with Crippen molar-refractivity contribution in [2.75, 3.05) is 32.1 Å². The molecule has 0 aliphatic carbocycles. The number of thiophene rings is 1. The highest BCUT2D eigenvalue weighted by Gasteiger charge is 2.56.